The van der Waals surface area contributed by atoms with Crippen LogP contribution in [-0.4, -0.2) is 28.3 Å². The van der Waals surface area contributed by atoms with E-state index in [0.717, 1.165) is 36.5 Å². The average Bonchev–Trinajstić information content (AvgIpc) is 3.29. The second-order valence-corrected chi connectivity index (χ2v) is 6.34. The Hall–Kier alpha value is -1.68. The van der Waals surface area contributed by atoms with E-state index >= 15 is 0 Å². The molecule has 118 valence electrons. The van der Waals surface area contributed by atoms with Gasteiger partial charge in [-0.3, -0.25) is 0 Å². The van der Waals surface area contributed by atoms with Gasteiger partial charge in [0.15, 0.2) is 5.75 Å². The van der Waals surface area contributed by atoms with Crippen LogP contribution in [0, 0.1) is 24.2 Å². The fourth-order valence-corrected chi connectivity index (χ4v) is 3.48. The molecule has 0 amide bonds. The van der Waals surface area contributed by atoms with E-state index in [1.807, 2.05) is 6.92 Å². The van der Waals surface area contributed by atoms with Gasteiger partial charge in [0.25, 0.3) is 0 Å². The van der Waals surface area contributed by atoms with Crippen molar-refractivity contribution in [2.24, 2.45) is 17.3 Å². The normalized spacial score (nSPS) is 29.6. The summed E-state index contributed by atoms with van der Waals surface area (Å²) >= 11 is 0. The average molecular weight is 300 g/mol. The molecule has 0 spiro atoms. The first kappa shape index (κ1) is 15.2. The molecule has 1 aromatic heterocycles. The van der Waals surface area contributed by atoms with Crippen LogP contribution in [0.3, 0.4) is 0 Å². The van der Waals surface area contributed by atoms with Gasteiger partial charge in [-0.1, -0.05) is 31.2 Å². The lowest BCUT2D eigenvalue weighted by Gasteiger charge is -2.26. The second kappa shape index (κ2) is 6.21. The van der Waals surface area contributed by atoms with Crippen LogP contribution in [0.4, 0.5) is 0 Å². The molecule has 1 saturated carbocycles. The highest BCUT2D eigenvalue weighted by Gasteiger charge is 2.58. The van der Waals surface area contributed by atoms with Crippen molar-refractivity contribution in [1.82, 2.24) is 9.97 Å². The lowest BCUT2D eigenvalue weighted by molar-refractivity contribution is 0.153. The van der Waals surface area contributed by atoms with E-state index in [0.29, 0.717) is 18.4 Å². The predicted octanol–water partition coefficient (Wildman–Crippen LogP) is 2.86. The summed E-state index contributed by atoms with van der Waals surface area (Å²) in [5.41, 5.74) is 1.02. The minimum Gasteiger partial charge on any atom is -0.489 e. The van der Waals surface area contributed by atoms with E-state index in [1.165, 1.54) is 0 Å². The minimum absolute atomic E-state index is 0.0614. The molecule has 0 radical (unpaired) electrons. The summed E-state index contributed by atoms with van der Waals surface area (Å²) < 4.78 is 6.10. The molecule has 1 aromatic rings. The molecule has 0 aromatic carbocycles. The molecule has 2 aliphatic rings. The number of aryl methyl sites for hydroxylation is 2. The molecule has 1 fully saturated rings. The Morgan fingerprint density at radius 1 is 1.41 bits per heavy atom. The van der Waals surface area contributed by atoms with Crippen molar-refractivity contribution in [3.63, 3.8) is 0 Å². The SMILES string of the molecule is CCc1nc(C)ncc1OC[C@@]1(C2C=CC=CC2)C[C@H]1CO. The number of hydrogen-bond donors (Lipinski definition) is 1. The minimum atomic E-state index is 0.0614. The van der Waals surface area contributed by atoms with E-state index in [4.69, 9.17) is 4.74 Å². The van der Waals surface area contributed by atoms with Gasteiger partial charge in [-0.25, -0.2) is 9.97 Å². The van der Waals surface area contributed by atoms with Gasteiger partial charge >= 0.3 is 0 Å². The summed E-state index contributed by atoms with van der Waals surface area (Å²) in [5, 5.41) is 9.58. The number of ether oxygens (including phenoxy) is 1. The largest absolute Gasteiger partial charge is 0.489 e. The molecule has 1 N–H and O–H groups in total. The number of aliphatic hydroxyl groups is 1. The van der Waals surface area contributed by atoms with Crippen LogP contribution in [0.15, 0.2) is 30.5 Å². The molecule has 3 rings (SSSR count). The highest BCUT2D eigenvalue weighted by Crippen LogP contribution is 2.59. The molecule has 2 aliphatic carbocycles. The van der Waals surface area contributed by atoms with Gasteiger partial charge in [0.05, 0.1) is 18.5 Å². The van der Waals surface area contributed by atoms with Gasteiger partial charge in [0, 0.05) is 12.0 Å². The van der Waals surface area contributed by atoms with Gasteiger partial charge < -0.3 is 9.84 Å². The zero-order valence-electron chi connectivity index (χ0n) is 13.3. The van der Waals surface area contributed by atoms with Crippen molar-refractivity contribution in [3.8, 4) is 5.75 Å². The van der Waals surface area contributed by atoms with E-state index < -0.39 is 0 Å². The molecule has 0 bridgehead atoms. The first-order valence-corrected chi connectivity index (χ1v) is 8.09. The lowest BCUT2D eigenvalue weighted by atomic mass is 9.83. The Balaban J connectivity index is 1.73. The van der Waals surface area contributed by atoms with Gasteiger partial charge in [0.1, 0.15) is 5.82 Å². The van der Waals surface area contributed by atoms with E-state index in [1.54, 1.807) is 6.20 Å². The number of rotatable bonds is 6. The highest BCUT2D eigenvalue weighted by atomic mass is 16.5. The summed E-state index contributed by atoms with van der Waals surface area (Å²) in [4.78, 5) is 8.70. The fourth-order valence-electron chi connectivity index (χ4n) is 3.48. The van der Waals surface area contributed by atoms with Gasteiger partial charge in [-0.15, -0.1) is 0 Å². The Morgan fingerprint density at radius 2 is 2.27 bits per heavy atom. The highest BCUT2D eigenvalue weighted by molar-refractivity contribution is 5.26. The summed E-state index contributed by atoms with van der Waals surface area (Å²) in [7, 11) is 0. The lowest BCUT2D eigenvalue weighted by Crippen LogP contribution is -2.26. The number of hydrogen-bond acceptors (Lipinski definition) is 4. The second-order valence-electron chi connectivity index (χ2n) is 6.34. The number of allylic oxidation sites excluding steroid dienone is 4. The molecule has 0 aliphatic heterocycles. The third kappa shape index (κ3) is 2.80. The van der Waals surface area contributed by atoms with Crippen molar-refractivity contribution in [1.29, 1.82) is 0 Å². The first-order valence-electron chi connectivity index (χ1n) is 8.09. The van der Waals surface area contributed by atoms with Crippen LogP contribution in [-0.2, 0) is 6.42 Å². The van der Waals surface area contributed by atoms with Gasteiger partial charge in [-0.2, -0.15) is 0 Å². The summed E-state index contributed by atoms with van der Waals surface area (Å²) in [6, 6.07) is 0. The Labute approximate surface area is 131 Å². The molecule has 1 heterocycles. The van der Waals surface area contributed by atoms with Crippen molar-refractivity contribution >= 4 is 0 Å². The van der Waals surface area contributed by atoms with Crippen LogP contribution in [0.5, 0.6) is 5.75 Å². The van der Waals surface area contributed by atoms with Crippen LogP contribution in [0.25, 0.3) is 0 Å². The third-order valence-corrected chi connectivity index (χ3v) is 5.00. The summed E-state index contributed by atoms with van der Waals surface area (Å²) in [6.07, 6.45) is 13.3. The van der Waals surface area contributed by atoms with Crippen molar-refractivity contribution < 1.29 is 9.84 Å². The molecular weight excluding hydrogens is 276 g/mol. The topological polar surface area (TPSA) is 55.2 Å². The number of aliphatic hydroxyl groups excluding tert-OH is 1. The molecule has 4 heteroatoms. The maximum atomic E-state index is 9.58. The van der Waals surface area contributed by atoms with Crippen molar-refractivity contribution in [3.05, 3.63) is 42.0 Å². The Morgan fingerprint density at radius 3 is 2.91 bits per heavy atom. The molecule has 4 nitrogen and oxygen atoms in total. The van der Waals surface area contributed by atoms with Gasteiger partial charge in [-0.05, 0) is 38.0 Å². The Bertz CT molecular complexity index is 597. The van der Waals surface area contributed by atoms with Crippen LogP contribution in [0.2, 0.25) is 0 Å². The first-order chi connectivity index (χ1) is 10.7. The van der Waals surface area contributed by atoms with Crippen LogP contribution >= 0.6 is 0 Å². The smallest absolute Gasteiger partial charge is 0.159 e. The maximum Gasteiger partial charge on any atom is 0.159 e. The standard InChI is InChI=1S/C18H24N2O2/c1-3-16-17(10-19-13(2)20-16)22-12-18(9-15(18)11-21)14-7-5-4-6-8-14/h4-7,10,14-15,21H,3,8-9,11-12H2,1-2H3/t14?,15-,18+/m0/s1. The molecule has 22 heavy (non-hydrogen) atoms. The zero-order chi connectivity index (χ0) is 15.6. The fraction of sp³-hybridized carbons (Fsp3) is 0.556. The Kier molecular flexibility index (Phi) is 4.30. The quantitative estimate of drug-likeness (QED) is 0.877. The van der Waals surface area contributed by atoms with E-state index in [-0.39, 0.29) is 12.0 Å². The van der Waals surface area contributed by atoms with Crippen LogP contribution in [0.1, 0.15) is 31.3 Å². The maximum absolute atomic E-state index is 9.58. The predicted molar refractivity (Wildman–Crippen MR) is 85.7 cm³/mol. The van der Waals surface area contributed by atoms with E-state index in [2.05, 4.69) is 41.2 Å². The molecule has 3 atom stereocenters. The van der Waals surface area contributed by atoms with E-state index in [9.17, 15) is 5.11 Å². The monoisotopic (exact) mass is 300 g/mol. The number of nitrogens with zero attached hydrogens (tertiary/aromatic N) is 2. The molecule has 1 unspecified atom stereocenters. The van der Waals surface area contributed by atoms with Gasteiger partial charge in [0.2, 0.25) is 0 Å². The van der Waals surface area contributed by atoms with Crippen molar-refractivity contribution in [2.75, 3.05) is 13.2 Å². The summed E-state index contributed by atoms with van der Waals surface area (Å²) in [6.45, 7) is 4.84. The zero-order valence-corrected chi connectivity index (χ0v) is 13.3. The summed E-state index contributed by atoms with van der Waals surface area (Å²) in [5.74, 6) is 2.35. The number of aromatic nitrogens is 2. The third-order valence-electron chi connectivity index (χ3n) is 5.00. The molecule has 0 saturated heterocycles. The molecular formula is C18H24N2O2. The van der Waals surface area contributed by atoms with Crippen molar-refractivity contribution in [2.45, 2.75) is 33.1 Å². The van der Waals surface area contributed by atoms with Crippen LogP contribution < -0.4 is 4.74 Å².